The first-order chi connectivity index (χ1) is 11.0. The highest BCUT2D eigenvalue weighted by molar-refractivity contribution is 7.09. The van der Waals surface area contributed by atoms with Crippen LogP contribution in [0.2, 0.25) is 0 Å². The van der Waals surface area contributed by atoms with Crippen LogP contribution in [0, 0.1) is 0 Å². The zero-order valence-electron chi connectivity index (χ0n) is 14.0. The number of aromatic nitrogens is 1. The highest BCUT2D eigenvalue weighted by atomic mass is 35.5. The lowest BCUT2D eigenvalue weighted by Gasteiger charge is -2.37. The van der Waals surface area contributed by atoms with Crippen LogP contribution in [-0.4, -0.2) is 17.4 Å². The number of thiazole rings is 1. The molecule has 1 heterocycles. The zero-order valence-corrected chi connectivity index (χ0v) is 15.7. The van der Waals surface area contributed by atoms with Crippen LogP contribution in [0.25, 0.3) is 0 Å². The quantitative estimate of drug-likeness (QED) is 0.869. The third kappa shape index (κ3) is 3.79. The van der Waals surface area contributed by atoms with E-state index in [1.54, 1.807) is 0 Å². The SMILES string of the molecule is CC1(C)CCC(NC(=O)c2csc(CCN)n2)c2ccccc21.Cl. The average Bonchev–Trinajstić information content (AvgIpc) is 3.00. The first-order valence-electron chi connectivity index (χ1n) is 8.06. The van der Waals surface area contributed by atoms with Gasteiger partial charge in [0.1, 0.15) is 5.69 Å². The summed E-state index contributed by atoms with van der Waals surface area (Å²) in [5.41, 5.74) is 8.76. The van der Waals surface area contributed by atoms with Gasteiger partial charge in [0, 0.05) is 11.8 Å². The maximum atomic E-state index is 12.5. The molecule has 0 saturated carbocycles. The van der Waals surface area contributed by atoms with E-state index in [9.17, 15) is 4.79 Å². The molecule has 1 aromatic heterocycles. The van der Waals surface area contributed by atoms with E-state index in [0.29, 0.717) is 12.2 Å². The summed E-state index contributed by atoms with van der Waals surface area (Å²) in [5.74, 6) is -0.0935. The number of hydrogen-bond donors (Lipinski definition) is 2. The molecule has 1 aliphatic carbocycles. The minimum Gasteiger partial charge on any atom is -0.344 e. The third-order valence-corrected chi connectivity index (χ3v) is 5.48. The Morgan fingerprint density at radius 1 is 1.42 bits per heavy atom. The Balaban J connectivity index is 0.00000208. The molecule has 1 aromatic carbocycles. The lowest BCUT2D eigenvalue weighted by Crippen LogP contribution is -2.35. The highest BCUT2D eigenvalue weighted by Crippen LogP contribution is 2.41. The van der Waals surface area contributed by atoms with Crippen molar-refractivity contribution in [1.82, 2.24) is 10.3 Å². The fourth-order valence-electron chi connectivity index (χ4n) is 3.25. The highest BCUT2D eigenvalue weighted by Gasteiger charge is 2.33. The van der Waals surface area contributed by atoms with Gasteiger partial charge in [0.2, 0.25) is 0 Å². The van der Waals surface area contributed by atoms with Crippen molar-refractivity contribution in [1.29, 1.82) is 0 Å². The predicted octanol–water partition coefficient (Wildman–Crippen LogP) is 3.61. The van der Waals surface area contributed by atoms with Crippen molar-refractivity contribution < 1.29 is 4.79 Å². The molecule has 24 heavy (non-hydrogen) atoms. The van der Waals surface area contributed by atoms with Crippen molar-refractivity contribution >= 4 is 29.7 Å². The molecule has 130 valence electrons. The number of benzene rings is 1. The Kier molecular flexibility index (Phi) is 6.01. The zero-order chi connectivity index (χ0) is 16.4. The van der Waals surface area contributed by atoms with Crippen molar-refractivity contribution in [3.63, 3.8) is 0 Å². The van der Waals surface area contributed by atoms with Gasteiger partial charge in [0.05, 0.1) is 11.0 Å². The number of carbonyl (C=O) groups is 1. The van der Waals surface area contributed by atoms with Gasteiger partial charge in [0.25, 0.3) is 5.91 Å². The fraction of sp³-hybridized carbons (Fsp3) is 0.444. The van der Waals surface area contributed by atoms with Crippen LogP contribution in [0.1, 0.15) is 59.4 Å². The Morgan fingerprint density at radius 2 is 2.17 bits per heavy atom. The molecule has 0 bridgehead atoms. The fourth-order valence-corrected chi connectivity index (χ4v) is 4.04. The van der Waals surface area contributed by atoms with Crippen LogP contribution in [0.15, 0.2) is 29.6 Å². The van der Waals surface area contributed by atoms with Crippen LogP contribution in [0.5, 0.6) is 0 Å². The first-order valence-corrected chi connectivity index (χ1v) is 8.94. The molecule has 1 unspecified atom stereocenters. The van der Waals surface area contributed by atoms with E-state index in [0.717, 1.165) is 24.3 Å². The monoisotopic (exact) mass is 365 g/mol. The second-order valence-electron chi connectivity index (χ2n) is 6.70. The van der Waals surface area contributed by atoms with Gasteiger partial charge >= 0.3 is 0 Å². The maximum Gasteiger partial charge on any atom is 0.271 e. The van der Waals surface area contributed by atoms with Crippen LogP contribution >= 0.6 is 23.7 Å². The van der Waals surface area contributed by atoms with Gasteiger partial charge in [-0.25, -0.2) is 4.98 Å². The molecule has 0 spiro atoms. The molecule has 6 heteroatoms. The van der Waals surface area contributed by atoms with Crippen molar-refractivity contribution in [2.24, 2.45) is 5.73 Å². The molecule has 0 aliphatic heterocycles. The number of carbonyl (C=O) groups excluding carboxylic acids is 1. The summed E-state index contributed by atoms with van der Waals surface area (Å²) in [6, 6.07) is 8.48. The van der Waals surface area contributed by atoms with E-state index in [4.69, 9.17) is 5.73 Å². The van der Waals surface area contributed by atoms with Gasteiger partial charge < -0.3 is 11.1 Å². The van der Waals surface area contributed by atoms with E-state index in [1.807, 2.05) is 11.4 Å². The number of fused-ring (bicyclic) bond motifs is 1. The first kappa shape index (κ1) is 18.9. The number of rotatable bonds is 4. The number of nitrogens with zero attached hydrogens (tertiary/aromatic N) is 1. The Hall–Kier alpha value is -1.43. The smallest absolute Gasteiger partial charge is 0.271 e. The summed E-state index contributed by atoms with van der Waals surface area (Å²) in [4.78, 5) is 16.9. The van der Waals surface area contributed by atoms with E-state index < -0.39 is 0 Å². The summed E-state index contributed by atoms with van der Waals surface area (Å²) in [5, 5.41) is 5.90. The molecule has 3 rings (SSSR count). The normalized spacial score (nSPS) is 18.4. The van der Waals surface area contributed by atoms with Gasteiger partial charge in [-0.15, -0.1) is 23.7 Å². The minimum atomic E-state index is -0.0935. The van der Waals surface area contributed by atoms with E-state index in [-0.39, 0.29) is 29.8 Å². The maximum absolute atomic E-state index is 12.5. The molecular formula is C18H24ClN3OS. The minimum absolute atomic E-state index is 0. The summed E-state index contributed by atoms with van der Waals surface area (Å²) in [6.07, 6.45) is 2.73. The van der Waals surface area contributed by atoms with Crippen molar-refractivity contribution in [3.8, 4) is 0 Å². The van der Waals surface area contributed by atoms with Crippen LogP contribution < -0.4 is 11.1 Å². The van der Waals surface area contributed by atoms with Gasteiger partial charge in [0.15, 0.2) is 0 Å². The van der Waals surface area contributed by atoms with Crippen molar-refractivity contribution in [3.05, 3.63) is 51.5 Å². The third-order valence-electron chi connectivity index (χ3n) is 4.57. The molecule has 0 radical (unpaired) electrons. The lowest BCUT2D eigenvalue weighted by atomic mass is 9.71. The van der Waals surface area contributed by atoms with Crippen LogP contribution in [0.4, 0.5) is 0 Å². The standard InChI is InChI=1S/C18H23N3OS.ClH/c1-18(2)9-7-14(12-5-3-4-6-13(12)18)21-17(22)15-11-23-16(20-15)8-10-19;/h3-6,11,14H,7-10,19H2,1-2H3,(H,21,22);1H. The molecule has 4 nitrogen and oxygen atoms in total. The summed E-state index contributed by atoms with van der Waals surface area (Å²) in [6.45, 7) is 5.09. The predicted molar refractivity (Wildman–Crippen MR) is 101 cm³/mol. The Morgan fingerprint density at radius 3 is 2.92 bits per heavy atom. The summed E-state index contributed by atoms with van der Waals surface area (Å²) < 4.78 is 0. The van der Waals surface area contributed by atoms with Gasteiger partial charge in [-0.1, -0.05) is 38.1 Å². The lowest BCUT2D eigenvalue weighted by molar-refractivity contribution is 0.0925. The molecule has 3 N–H and O–H groups in total. The van der Waals surface area contributed by atoms with Crippen molar-refractivity contribution in [2.45, 2.75) is 44.6 Å². The topological polar surface area (TPSA) is 68.0 Å². The molecule has 2 aromatic rings. The molecule has 1 amide bonds. The second-order valence-corrected chi connectivity index (χ2v) is 7.64. The molecular weight excluding hydrogens is 342 g/mol. The largest absolute Gasteiger partial charge is 0.344 e. The van der Waals surface area contributed by atoms with Gasteiger partial charge in [-0.05, 0) is 35.9 Å². The van der Waals surface area contributed by atoms with E-state index >= 15 is 0 Å². The van der Waals surface area contributed by atoms with Crippen LogP contribution in [0.3, 0.4) is 0 Å². The number of amides is 1. The number of halogens is 1. The molecule has 1 atom stereocenters. The molecule has 0 saturated heterocycles. The molecule has 0 fully saturated rings. The molecule has 1 aliphatic rings. The number of hydrogen-bond acceptors (Lipinski definition) is 4. The Bertz CT molecular complexity index is 714. The number of nitrogens with two attached hydrogens (primary N) is 1. The van der Waals surface area contributed by atoms with Gasteiger partial charge in [-0.3, -0.25) is 4.79 Å². The number of nitrogens with one attached hydrogen (secondary N) is 1. The van der Waals surface area contributed by atoms with E-state index in [1.165, 1.54) is 22.5 Å². The summed E-state index contributed by atoms with van der Waals surface area (Å²) in [7, 11) is 0. The average molecular weight is 366 g/mol. The second kappa shape index (κ2) is 7.64. The van der Waals surface area contributed by atoms with Gasteiger partial charge in [-0.2, -0.15) is 0 Å². The van der Waals surface area contributed by atoms with Crippen LogP contribution in [-0.2, 0) is 11.8 Å². The van der Waals surface area contributed by atoms with E-state index in [2.05, 4.69) is 42.3 Å². The Labute approximate surface area is 153 Å². The van der Waals surface area contributed by atoms with Crippen molar-refractivity contribution in [2.75, 3.05) is 6.54 Å². The summed E-state index contributed by atoms with van der Waals surface area (Å²) >= 11 is 1.50.